The SMILES string of the molecule is Cc1ccc(NC=C2C(=O)Nc3ccc(Cl)cc32)cc1. The van der Waals surface area contributed by atoms with Crippen molar-refractivity contribution < 1.29 is 4.79 Å². The first kappa shape index (κ1) is 12.8. The number of hydrogen-bond donors (Lipinski definition) is 2. The van der Waals surface area contributed by atoms with Crippen molar-refractivity contribution in [3.63, 3.8) is 0 Å². The Morgan fingerprint density at radius 1 is 1.15 bits per heavy atom. The lowest BCUT2D eigenvalue weighted by atomic mass is 10.1. The maximum atomic E-state index is 12.0. The van der Waals surface area contributed by atoms with Crippen LogP contribution in [0.15, 0.2) is 48.7 Å². The van der Waals surface area contributed by atoms with Crippen LogP contribution in [0.3, 0.4) is 0 Å². The molecule has 0 fully saturated rings. The van der Waals surface area contributed by atoms with Gasteiger partial charge in [-0.1, -0.05) is 29.3 Å². The van der Waals surface area contributed by atoms with Crippen molar-refractivity contribution in [2.45, 2.75) is 6.92 Å². The number of carbonyl (C=O) groups is 1. The Morgan fingerprint density at radius 3 is 2.65 bits per heavy atom. The maximum absolute atomic E-state index is 12.0. The first-order chi connectivity index (χ1) is 9.63. The van der Waals surface area contributed by atoms with Gasteiger partial charge < -0.3 is 10.6 Å². The molecule has 0 radical (unpaired) electrons. The van der Waals surface area contributed by atoms with E-state index in [0.717, 1.165) is 16.9 Å². The summed E-state index contributed by atoms with van der Waals surface area (Å²) in [5.41, 5.74) is 4.33. The monoisotopic (exact) mass is 284 g/mol. The van der Waals surface area contributed by atoms with Crippen LogP contribution in [0.25, 0.3) is 5.57 Å². The molecule has 1 aliphatic rings. The molecule has 0 saturated carbocycles. The van der Waals surface area contributed by atoms with E-state index in [4.69, 9.17) is 11.6 Å². The average Bonchev–Trinajstić information content (AvgIpc) is 2.73. The van der Waals surface area contributed by atoms with Crippen LogP contribution in [0.2, 0.25) is 5.02 Å². The van der Waals surface area contributed by atoms with Gasteiger partial charge in [-0.2, -0.15) is 0 Å². The molecule has 0 saturated heterocycles. The number of aryl methyl sites for hydroxylation is 1. The molecule has 4 heteroatoms. The van der Waals surface area contributed by atoms with E-state index in [1.165, 1.54) is 5.56 Å². The summed E-state index contributed by atoms with van der Waals surface area (Å²) in [5.74, 6) is -0.123. The molecule has 0 unspecified atom stereocenters. The Morgan fingerprint density at radius 2 is 1.90 bits per heavy atom. The first-order valence-electron chi connectivity index (χ1n) is 6.28. The molecule has 20 heavy (non-hydrogen) atoms. The molecule has 3 rings (SSSR count). The van der Waals surface area contributed by atoms with E-state index in [-0.39, 0.29) is 5.91 Å². The van der Waals surface area contributed by atoms with Crippen molar-refractivity contribution in [2.24, 2.45) is 0 Å². The molecule has 0 aromatic heterocycles. The molecule has 0 aliphatic carbocycles. The molecule has 1 amide bonds. The van der Waals surface area contributed by atoms with Crippen LogP contribution in [-0.4, -0.2) is 5.91 Å². The largest absolute Gasteiger partial charge is 0.361 e. The lowest BCUT2D eigenvalue weighted by molar-refractivity contribution is -0.110. The second kappa shape index (κ2) is 5.02. The Kier molecular flexibility index (Phi) is 3.20. The Bertz CT molecular complexity index is 705. The van der Waals surface area contributed by atoms with Crippen molar-refractivity contribution in [3.8, 4) is 0 Å². The van der Waals surface area contributed by atoms with Gasteiger partial charge in [0.2, 0.25) is 0 Å². The van der Waals surface area contributed by atoms with Crippen molar-refractivity contribution in [3.05, 3.63) is 64.8 Å². The van der Waals surface area contributed by atoms with Crippen LogP contribution in [0.5, 0.6) is 0 Å². The van der Waals surface area contributed by atoms with E-state index in [1.54, 1.807) is 18.3 Å². The van der Waals surface area contributed by atoms with Gasteiger partial charge in [-0.15, -0.1) is 0 Å². The molecule has 0 spiro atoms. The van der Waals surface area contributed by atoms with Crippen molar-refractivity contribution in [1.29, 1.82) is 0 Å². The number of benzene rings is 2. The zero-order valence-electron chi connectivity index (χ0n) is 10.9. The number of anilines is 2. The third-order valence-corrected chi connectivity index (χ3v) is 3.43. The minimum absolute atomic E-state index is 0.123. The third kappa shape index (κ3) is 2.40. The molecule has 3 nitrogen and oxygen atoms in total. The number of halogens is 1. The van der Waals surface area contributed by atoms with Gasteiger partial charge in [-0.05, 0) is 37.3 Å². The summed E-state index contributed by atoms with van der Waals surface area (Å²) in [5, 5.41) is 6.57. The van der Waals surface area contributed by atoms with Crippen LogP contribution in [0, 0.1) is 6.92 Å². The van der Waals surface area contributed by atoms with Crippen molar-refractivity contribution in [2.75, 3.05) is 10.6 Å². The van der Waals surface area contributed by atoms with Crippen LogP contribution >= 0.6 is 11.6 Å². The lowest BCUT2D eigenvalue weighted by Crippen LogP contribution is -2.05. The number of rotatable bonds is 2. The minimum atomic E-state index is -0.123. The van der Waals surface area contributed by atoms with Gasteiger partial charge in [0.25, 0.3) is 5.91 Å². The molecule has 1 aliphatic heterocycles. The first-order valence-corrected chi connectivity index (χ1v) is 6.66. The van der Waals surface area contributed by atoms with Gasteiger partial charge in [0.1, 0.15) is 0 Å². The van der Waals surface area contributed by atoms with Crippen molar-refractivity contribution in [1.82, 2.24) is 0 Å². The van der Waals surface area contributed by atoms with E-state index in [9.17, 15) is 4.79 Å². The quantitative estimate of drug-likeness (QED) is 0.817. The third-order valence-electron chi connectivity index (χ3n) is 3.20. The highest BCUT2D eigenvalue weighted by Gasteiger charge is 2.24. The number of amides is 1. The van der Waals surface area contributed by atoms with E-state index in [0.29, 0.717) is 10.6 Å². The number of hydrogen-bond acceptors (Lipinski definition) is 2. The summed E-state index contributed by atoms with van der Waals surface area (Å²) in [4.78, 5) is 12.0. The fourth-order valence-electron chi connectivity index (χ4n) is 2.11. The normalized spacial score (nSPS) is 15.1. The Hall–Kier alpha value is -2.26. The summed E-state index contributed by atoms with van der Waals surface area (Å²) >= 11 is 5.98. The van der Waals surface area contributed by atoms with E-state index in [2.05, 4.69) is 10.6 Å². The highest BCUT2D eigenvalue weighted by molar-refractivity contribution is 6.34. The summed E-state index contributed by atoms with van der Waals surface area (Å²) < 4.78 is 0. The second-order valence-corrected chi connectivity index (χ2v) is 5.15. The van der Waals surface area contributed by atoms with E-state index < -0.39 is 0 Å². The zero-order valence-corrected chi connectivity index (χ0v) is 11.7. The van der Waals surface area contributed by atoms with Gasteiger partial charge >= 0.3 is 0 Å². The minimum Gasteiger partial charge on any atom is -0.361 e. The molecule has 1 heterocycles. The number of carbonyl (C=O) groups excluding carboxylic acids is 1. The van der Waals surface area contributed by atoms with E-state index in [1.807, 2.05) is 37.3 Å². The van der Waals surface area contributed by atoms with Gasteiger partial charge in [0.05, 0.1) is 5.57 Å². The molecular weight excluding hydrogens is 272 g/mol. The highest BCUT2D eigenvalue weighted by Crippen LogP contribution is 2.33. The number of fused-ring (bicyclic) bond motifs is 1. The van der Waals surface area contributed by atoms with Gasteiger partial charge in [0.15, 0.2) is 0 Å². The summed E-state index contributed by atoms with van der Waals surface area (Å²) in [6.07, 6.45) is 1.71. The van der Waals surface area contributed by atoms with E-state index >= 15 is 0 Å². The van der Waals surface area contributed by atoms with Crippen LogP contribution < -0.4 is 10.6 Å². The van der Waals surface area contributed by atoms with Crippen LogP contribution in [0.1, 0.15) is 11.1 Å². The van der Waals surface area contributed by atoms with Gasteiger partial charge in [0, 0.05) is 28.2 Å². The molecule has 0 bridgehead atoms. The second-order valence-electron chi connectivity index (χ2n) is 4.71. The van der Waals surface area contributed by atoms with Crippen molar-refractivity contribution >= 4 is 34.5 Å². The smallest absolute Gasteiger partial charge is 0.257 e. The highest BCUT2D eigenvalue weighted by atomic mass is 35.5. The molecule has 2 aromatic rings. The molecular formula is C16H13ClN2O. The molecule has 100 valence electrons. The van der Waals surface area contributed by atoms with Crippen LogP contribution in [0.4, 0.5) is 11.4 Å². The summed E-state index contributed by atoms with van der Waals surface area (Å²) in [7, 11) is 0. The topological polar surface area (TPSA) is 41.1 Å². The predicted octanol–water partition coefficient (Wildman–Crippen LogP) is 4.05. The maximum Gasteiger partial charge on any atom is 0.257 e. The Labute approximate surface area is 122 Å². The fourth-order valence-corrected chi connectivity index (χ4v) is 2.28. The summed E-state index contributed by atoms with van der Waals surface area (Å²) in [6, 6.07) is 13.3. The predicted molar refractivity (Wildman–Crippen MR) is 82.9 cm³/mol. The van der Waals surface area contributed by atoms with Gasteiger partial charge in [-0.25, -0.2) is 0 Å². The fraction of sp³-hybridized carbons (Fsp3) is 0.0625. The molecule has 0 atom stereocenters. The van der Waals surface area contributed by atoms with Gasteiger partial charge in [-0.3, -0.25) is 4.79 Å². The standard InChI is InChI=1S/C16H13ClN2O/c1-10-2-5-12(6-3-10)18-9-14-13-8-11(17)4-7-15(13)19-16(14)20/h2-9,18H,1H3,(H,19,20). The molecule has 2 N–H and O–H groups in total. The average molecular weight is 285 g/mol. The van der Waals surface area contributed by atoms with Crippen LogP contribution in [-0.2, 0) is 4.79 Å². The molecule has 2 aromatic carbocycles. The Balaban J connectivity index is 1.90. The zero-order chi connectivity index (χ0) is 14.1. The summed E-state index contributed by atoms with van der Waals surface area (Å²) in [6.45, 7) is 2.03. The lowest BCUT2D eigenvalue weighted by Gasteiger charge is -2.03. The number of nitrogens with one attached hydrogen (secondary N) is 2.